The zero-order valence-electron chi connectivity index (χ0n) is 11.1. The van der Waals surface area contributed by atoms with Crippen LogP contribution in [0.4, 0.5) is 0 Å². The van der Waals surface area contributed by atoms with Crippen LogP contribution in [0, 0.1) is 0 Å². The quantitative estimate of drug-likeness (QED) is 0.493. The normalized spacial score (nSPS) is 10.8. The largest absolute Gasteiger partial charge is 0.297 e. The van der Waals surface area contributed by atoms with Gasteiger partial charge in [-0.15, -0.1) is 11.3 Å². The molecular formula is C14H16BrN3OS. The number of carbonyl (C=O) groups is 1. The smallest absolute Gasteiger partial charge is 0.265 e. The first-order chi connectivity index (χ1) is 9.60. The fourth-order valence-electron chi connectivity index (χ4n) is 1.92. The molecule has 0 atom stereocenters. The summed E-state index contributed by atoms with van der Waals surface area (Å²) in [5, 5.41) is 2.08. The predicted octanol–water partition coefficient (Wildman–Crippen LogP) is 2.75. The highest BCUT2D eigenvalue weighted by atomic mass is 79.9. The molecule has 2 rings (SSSR count). The van der Waals surface area contributed by atoms with Crippen LogP contribution in [-0.4, -0.2) is 17.9 Å². The van der Waals surface area contributed by atoms with E-state index in [0.29, 0.717) is 5.56 Å². The van der Waals surface area contributed by atoms with E-state index < -0.39 is 0 Å². The molecule has 1 heterocycles. The third-order valence-corrected chi connectivity index (χ3v) is 4.49. The Kier molecular flexibility index (Phi) is 5.31. The first-order valence-electron chi connectivity index (χ1n) is 6.10. The van der Waals surface area contributed by atoms with E-state index in [2.05, 4.69) is 50.8 Å². The third kappa shape index (κ3) is 3.89. The highest BCUT2D eigenvalue weighted by Gasteiger charge is 2.09. The van der Waals surface area contributed by atoms with Gasteiger partial charge in [0.2, 0.25) is 0 Å². The number of hydrogen-bond acceptors (Lipinski definition) is 4. The number of benzene rings is 1. The topological polar surface area (TPSA) is 58.4 Å². The SMILES string of the molecule is CN(Cc1cccs1)Cc1ccc(C(=O)NN)cc1Br. The molecule has 2 aromatic rings. The molecule has 0 spiro atoms. The maximum absolute atomic E-state index is 11.4. The van der Waals surface area contributed by atoms with Crippen molar-refractivity contribution in [2.75, 3.05) is 7.05 Å². The van der Waals surface area contributed by atoms with Gasteiger partial charge in [-0.2, -0.15) is 0 Å². The lowest BCUT2D eigenvalue weighted by molar-refractivity contribution is 0.0953. The summed E-state index contributed by atoms with van der Waals surface area (Å²) in [5.74, 6) is 4.84. The van der Waals surface area contributed by atoms with Crippen LogP contribution in [0.15, 0.2) is 40.2 Å². The number of halogens is 1. The molecule has 20 heavy (non-hydrogen) atoms. The second-order valence-electron chi connectivity index (χ2n) is 4.53. The molecule has 0 fully saturated rings. The van der Waals surface area contributed by atoms with Gasteiger partial charge in [0, 0.05) is 28.0 Å². The second kappa shape index (κ2) is 6.99. The van der Waals surface area contributed by atoms with Gasteiger partial charge in [-0.3, -0.25) is 15.1 Å². The van der Waals surface area contributed by atoms with Crippen LogP contribution in [0.5, 0.6) is 0 Å². The van der Waals surface area contributed by atoms with Crippen LogP contribution < -0.4 is 11.3 Å². The number of hydrogen-bond donors (Lipinski definition) is 2. The molecule has 106 valence electrons. The van der Waals surface area contributed by atoms with Crippen LogP contribution in [0.3, 0.4) is 0 Å². The number of carbonyl (C=O) groups excluding carboxylic acids is 1. The number of amides is 1. The fourth-order valence-corrected chi connectivity index (χ4v) is 3.20. The minimum absolute atomic E-state index is 0.288. The standard InChI is InChI=1S/C14H16BrN3OS/c1-18(9-12-3-2-6-20-12)8-11-5-4-10(7-13(11)15)14(19)17-16/h2-7H,8-9,16H2,1H3,(H,17,19). The Hall–Kier alpha value is -1.21. The van der Waals surface area contributed by atoms with Crippen LogP contribution in [0.25, 0.3) is 0 Å². The van der Waals surface area contributed by atoms with Crippen LogP contribution in [0.1, 0.15) is 20.8 Å². The van der Waals surface area contributed by atoms with Crippen molar-refractivity contribution < 1.29 is 4.79 Å². The van der Waals surface area contributed by atoms with E-state index in [4.69, 9.17) is 5.84 Å². The van der Waals surface area contributed by atoms with Gasteiger partial charge < -0.3 is 0 Å². The summed E-state index contributed by atoms with van der Waals surface area (Å²) in [6, 6.07) is 9.70. The van der Waals surface area contributed by atoms with Gasteiger partial charge in [-0.25, -0.2) is 5.84 Å². The van der Waals surface area contributed by atoms with E-state index in [9.17, 15) is 4.79 Å². The van der Waals surface area contributed by atoms with Gasteiger partial charge in [0.15, 0.2) is 0 Å². The van der Waals surface area contributed by atoms with Crippen molar-refractivity contribution in [3.63, 3.8) is 0 Å². The van der Waals surface area contributed by atoms with Crippen molar-refractivity contribution in [1.82, 2.24) is 10.3 Å². The van der Waals surface area contributed by atoms with Crippen molar-refractivity contribution in [2.24, 2.45) is 5.84 Å². The Morgan fingerprint density at radius 1 is 1.40 bits per heavy atom. The number of hydrazine groups is 1. The Balaban J connectivity index is 2.04. The Morgan fingerprint density at radius 2 is 2.20 bits per heavy atom. The highest BCUT2D eigenvalue weighted by Crippen LogP contribution is 2.21. The molecule has 0 unspecified atom stereocenters. The summed E-state index contributed by atoms with van der Waals surface area (Å²) in [6.45, 7) is 1.72. The molecule has 4 nitrogen and oxygen atoms in total. The van der Waals surface area contributed by atoms with Crippen molar-refractivity contribution in [2.45, 2.75) is 13.1 Å². The number of nitrogens with zero attached hydrogens (tertiary/aromatic N) is 1. The number of nitrogens with two attached hydrogens (primary N) is 1. The van der Waals surface area contributed by atoms with E-state index >= 15 is 0 Å². The van der Waals surface area contributed by atoms with Gasteiger partial charge >= 0.3 is 0 Å². The zero-order valence-corrected chi connectivity index (χ0v) is 13.5. The van der Waals surface area contributed by atoms with Crippen molar-refractivity contribution >= 4 is 33.2 Å². The number of thiophene rings is 1. The minimum Gasteiger partial charge on any atom is -0.297 e. The molecule has 0 aliphatic rings. The molecule has 1 aromatic heterocycles. The van der Waals surface area contributed by atoms with E-state index in [1.54, 1.807) is 23.5 Å². The maximum atomic E-state index is 11.4. The van der Waals surface area contributed by atoms with E-state index in [-0.39, 0.29) is 5.91 Å². The maximum Gasteiger partial charge on any atom is 0.265 e. The number of rotatable bonds is 5. The van der Waals surface area contributed by atoms with Crippen LogP contribution in [-0.2, 0) is 13.1 Å². The molecule has 0 saturated carbocycles. The number of nitrogen functional groups attached to an aromatic ring is 1. The summed E-state index contributed by atoms with van der Waals surface area (Å²) < 4.78 is 0.914. The molecule has 3 N–H and O–H groups in total. The monoisotopic (exact) mass is 353 g/mol. The highest BCUT2D eigenvalue weighted by molar-refractivity contribution is 9.10. The molecule has 1 amide bonds. The van der Waals surface area contributed by atoms with Crippen LogP contribution >= 0.6 is 27.3 Å². The average molecular weight is 354 g/mol. The summed E-state index contributed by atoms with van der Waals surface area (Å²) in [6.07, 6.45) is 0. The molecular weight excluding hydrogens is 338 g/mol. The van der Waals surface area contributed by atoms with Crippen molar-refractivity contribution in [3.8, 4) is 0 Å². The molecule has 1 aromatic carbocycles. The van der Waals surface area contributed by atoms with E-state index in [1.165, 1.54) is 4.88 Å². The van der Waals surface area contributed by atoms with Gasteiger partial charge in [0.25, 0.3) is 5.91 Å². The molecule has 0 aliphatic heterocycles. The third-order valence-electron chi connectivity index (χ3n) is 2.89. The second-order valence-corrected chi connectivity index (χ2v) is 6.42. The predicted molar refractivity (Wildman–Crippen MR) is 85.3 cm³/mol. The first-order valence-corrected chi connectivity index (χ1v) is 7.77. The Morgan fingerprint density at radius 3 is 2.80 bits per heavy atom. The lowest BCUT2D eigenvalue weighted by atomic mass is 10.1. The van der Waals surface area contributed by atoms with E-state index in [0.717, 1.165) is 23.1 Å². The lowest BCUT2D eigenvalue weighted by Gasteiger charge is -2.17. The Bertz CT molecular complexity index is 586. The Labute approximate surface area is 130 Å². The van der Waals surface area contributed by atoms with Gasteiger partial charge in [0.1, 0.15) is 0 Å². The van der Waals surface area contributed by atoms with Crippen molar-refractivity contribution in [1.29, 1.82) is 0 Å². The summed E-state index contributed by atoms with van der Waals surface area (Å²) in [4.78, 5) is 15.0. The van der Waals surface area contributed by atoms with Gasteiger partial charge in [-0.1, -0.05) is 28.1 Å². The van der Waals surface area contributed by atoms with Crippen molar-refractivity contribution in [3.05, 3.63) is 56.2 Å². The molecule has 0 radical (unpaired) electrons. The van der Waals surface area contributed by atoms with Gasteiger partial charge in [0.05, 0.1) is 0 Å². The number of nitrogens with one attached hydrogen (secondary N) is 1. The fraction of sp³-hybridized carbons (Fsp3) is 0.214. The molecule has 0 saturated heterocycles. The molecule has 6 heteroatoms. The van der Waals surface area contributed by atoms with Crippen LogP contribution in [0.2, 0.25) is 0 Å². The zero-order chi connectivity index (χ0) is 14.5. The minimum atomic E-state index is -0.288. The lowest BCUT2D eigenvalue weighted by Crippen LogP contribution is -2.30. The summed E-state index contributed by atoms with van der Waals surface area (Å²) >= 11 is 5.26. The molecule has 0 aliphatic carbocycles. The average Bonchev–Trinajstić information content (AvgIpc) is 2.93. The first kappa shape index (κ1) is 15.2. The molecule has 0 bridgehead atoms. The summed E-state index contributed by atoms with van der Waals surface area (Å²) in [7, 11) is 2.08. The summed E-state index contributed by atoms with van der Waals surface area (Å²) in [5.41, 5.74) is 3.81. The van der Waals surface area contributed by atoms with E-state index in [1.807, 2.05) is 6.07 Å². The van der Waals surface area contributed by atoms with Gasteiger partial charge in [-0.05, 0) is 36.2 Å².